The van der Waals surface area contributed by atoms with Crippen LogP contribution in [0.25, 0.3) is 10.9 Å². The number of pyridine rings is 1. The van der Waals surface area contributed by atoms with Gasteiger partial charge in [-0.1, -0.05) is 0 Å². The average Bonchev–Trinajstić information content (AvgIpc) is 2.77. The zero-order chi connectivity index (χ0) is 23.0. The van der Waals surface area contributed by atoms with E-state index in [9.17, 15) is 14.7 Å². The van der Waals surface area contributed by atoms with E-state index in [-0.39, 0.29) is 36.8 Å². The van der Waals surface area contributed by atoms with Gasteiger partial charge >= 0.3 is 5.97 Å². The molecule has 2 aromatic rings. The number of aliphatic hydroxyl groups is 1. The van der Waals surface area contributed by atoms with Crippen molar-refractivity contribution in [3.05, 3.63) is 33.9 Å². The molecule has 0 radical (unpaired) electrons. The summed E-state index contributed by atoms with van der Waals surface area (Å²) in [7, 11) is 3.43. The summed E-state index contributed by atoms with van der Waals surface area (Å²) < 4.78 is 32.9. The third kappa shape index (κ3) is 4.05. The van der Waals surface area contributed by atoms with Gasteiger partial charge in [0.05, 0.1) is 23.6 Å². The predicted octanol–water partition coefficient (Wildman–Crippen LogP) is 1.01. The highest BCUT2D eigenvalue weighted by molar-refractivity contribution is 5.98. The van der Waals surface area contributed by atoms with Crippen LogP contribution in [0.4, 0.5) is 10.1 Å². The van der Waals surface area contributed by atoms with Crippen LogP contribution in [0.15, 0.2) is 17.1 Å². The quantitative estimate of drug-likeness (QED) is 0.654. The molecule has 174 valence electrons. The SMILES string of the molecule is COCC(O)COC(=O)c1cn2c3c(c(N4CCN(C)CC4)c(F)cc3c1=O)OCC2C. The molecule has 10 heteroatoms. The van der Waals surface area contributed by atoms with E-state index in [0.717, 1.165) is 13.1 Å². The molecule has 2 atom stereocenters. The lowest BCUT2D eigenvalue weighted by atomic mass is 10.1. The van der Waals surface area contributed by atoms with Gasteiger partial charge in [-0.25, -0.2) is 9.18 Å². The number of aromatic nitrogens is 1. The maximum absolute atomic E-state index is 15.3. The highest BCUT2D eigenvalue weighted by atomic mass is 19.1. The number of carbonyl (C=O) groups is 1. The molecule has 1 saturated heterocycles. The van der Waals surface area contributed by atoms with Crippen LogP contribution < -0.4 is 15.1 Å². The molecule has 0 saturated carbocycles. The number of nitrogens with zero attached hydrogens (tertiary/aromatic N) is 3. The van der Waals surface area contributed by atoms with Gasteiger partial charge in [-0.15, -0.1) is 0 Å². The Labute approximate surface area is 184 Å². The lowest BCUT2D eigenvalue weighted by molar-refractivity contribution is 0.00000747. The second-order valence-corrected chi connectivity index (χ2v) is 8.37. The number of hydrogen-bond donors (Lipinski definition) is 1. The number of aliphatic hydroxyl groups excluding tert-OH is 1. The molecule has 1 aromatic heterocycles. The van der Waals surface area contributed by atoms with Crippen LogP contribution in [0.3, 0.4) is 0 Å². The van der Waals surface area contributed by atoms with Crippen molar-refractivity contribution < 1.29 is 28.5 Å². The van der Waals surface area contributed by atoms with Crippen molar-refractivity contribution >= 4 is 22.6 Å². The molecule has 0 bridgehead atoms. The summed E-state index contributed by atoms with van der Waals surface area (Å²) in [6, 6.07) is 1.01. The van der Waals surface area contributed by atoms with Crippen LogP contribution in [0.1, 0.15) is 23.3 Å². The van der Waals surface area contributed by atoms with Gasteiger partial charge in [0.25, 0.3) is 0 Å². The van der Waals surface area contributed by atoms with Crippen LogP contribution in [-0.4, -0.2) is 86.8 Å². The molecular weight excluding hydrogens is 421 g/mol. The van der Waals surface area contributed by atoms with Crippen LogP contribution in [0, 0.1) is 5.82 Å². The number of piperazine rings is 1. The third-order valence-corrected chi connectivity index (χ3v) is 5.95. The largest absolute Gasteiger partial charge is 0.487 e. The molecule has 0 spiro atoms. The first-order chi connectivity index (χ1) is 15.3. The van der Waals surface area contributed by atoms with Gasteiger partial charge in [0.2, 0.25) is 5.43 Å². The molecule has 2 aliphatic rings. The first kappa shape index (κ1) is 22.5. The Morgan fingerprint density at radius 3 is 2.72 bits per heavy atom. The van der Waals surface area contributed by atoms with Crippen LogP contribution in [0.2, 0.25) is 0 Å². The summed E-state index contributed by atoms with van der Waals surface area (Å²) >= 11 is 0. The normalized spacial score (nSPS) is 19.7. The lowest BCUT2D eigenvalue weighted by Gasteiger charge is -2.37. The van der Waals surface area contributed by atoms with E-state index < -0.39 is 23.3 Å². The Morgan fingerprint density at radius 1 is 1.31 bits per heavy atom. The number of esters is 1. The highest BCUT2D eigenvalue weighted by Crippen LogP contribution is 2.42. The number of rotatable bonds is 6. The molecule has 3 heterocycles. The van der Waals surface area contributed by atoms with Crippen LogP contribution in [-0.2, 0) is 9.47 Å². The standard InChI is InChI=1S/C22H28FN3O6/c1-13-10-31-21-18-15(8-17(23)19(21)25-6-4-24(2)5-7-25)20(28)16(9-26(13)18)22(29)32-12-14(27)11-30-3/h8-9,13-14,27H,4-7,10-12H2,1-3H3. The second-order valence-electron chi connectivity index (χ2n) is 8.37. The topological polar surface area (TPSA) is 93.5 Å². The minimum absolute atomic E-state index is 0.00670. The number of hydrogen-bond acceptors (Lipinski definition) is 8. The summed E-state index contributed by atoms with van der Waals surface area (Å²) in [6.45, 7) is 4.71. The van der Waals surface area contributed by atoms with Crippen molar-refractivity contribution in [2.45, 2.75) is 19.1 Å². The number of halogens is 1. The van der Waals surface area contributed by atoms with Crippen molar-refractivity contribution in [1.82, 2.24) is 9.47 Å². The van der Waals surface area contributed by atoms with Gasteiger partial charge in [0.1, 0.15) is 30.6 Å². The van der Waals surface area contributed by atoms with Gasteiger partial charge in [-0.3, -0.25) is 4.79 Å². The Morgan fingerprint density at radius 2 is 2.03 bits per heavy atom. The third-order valence-electron chi connectivity index (χ3n) is 5.95. The molecule has 2 unspecified atom stereocenters. The van der Waals surface area contributed by atoms with Crippen LogP contribution >= 0.6 is 0 Å². The van der Waals surface area contributed by atoms with Gasteiger partial charge < -0.3 is 33.7 Å². The number of benzene rings is 1. The maximum Gasteiger partial charge on any atom is 0.343 e. The molecule has 4 rings (SSSR count). The van der Waals surface area contributed by atoms with Gasteiger partial charge in [0.15, 0.2) is 11.6 Å². The first-order valence-electron chi connectivity index (χ1n) is 10.6. The average molecular weight is 449 g/mol. The Bertz CT molecular complexity index is 1080. The molecule has 1 N–H and O–H groups in total. The van der Waals surface area contributed by atoms with E-state index in [4.69, 9.17) is 14.2 Å². The number of likely N-dealkylation sites (N-methyl/N-ethyl adjacent to an activating group) is 1. The molecule has 0 amide bonds. The van der Waals surface area contributed by atoms with Gasteiger partial charge in [-0.05, 0) is 20.0 Å². The number of anilines is 1. The Hall–Kier alpha value is -2.69. The number of ether oxygens (including phenoxy) is 3. The smallest absolute Gasteiger partial charge is 0.343 e. The van der Waals surface area contributed by atoms with Crippen molar-refractivity contribution in [3.63, 3.8) is 0 Å². The lowest BCUT2D eigenvalue weighted by Crippen LogP contribution is -2.45. The summed E-state index contributed by atoms with van der Waals surface area (Å²) in [6.07, 6.45) is 0.436. The summed E-state index contributed by atoms with van der Waals surface area (Å²) in [4.78, 5) is 29.8. The maximum atomic E-state index is 15.3. The fourth-order valence-corrected chi connectivity index (χ4v) is 4.17. The summed E-state index contributed by atoms with van der Waals surface area (Å²) in [5, 5.41) is 9.79. The molecule has 32 heavy (non-hydrogen) atoms. The minimum Gasteiger partial charge on any atom is -0.487 e. The van der Waals surface area contributed by atoms with Crippen molar-refractivity contribution in [2.75, 3.05) is 65.1 Å². The molecular formula is C22H28FN3O6. The van der Waals surface area contributed by atoms with Crippen molar-refractivity contribution in [2.24, 2.45) is 0 Å². The molecule has 2 aliphatic heterocycles. The fourth-order valence-electron chi connectivity index (χ4n) is 4.17. The van der Waals surface area contributed by atoms with E-state index in [1.54, 1.807) is 4.57 Å². The van der Waals surface area contributed by atoms with Crippen LogP contribution in [0.5, 0.6) is 5.75 Å². The highest BCUT2D eigenvalue weighted by Gasteiger charge is 2.31. The van der Waals surface area contributed by atoms with Gasteiger partial charge in [-0.2, -0.15) is 0 Å². The number of carbonyl (C=O) groups excluding carboxylic acids is 1. The summed E-state index contributed by atoms with van der Waals surface area (Å²) in [5.41, 5.74) is -0.0254. The predicted molar refractivity (Wildman–Crippen MR) is 116 cm³/mol. The molecule has 9 nitrogen and oxygen atoms in total. The number of methoxy groups -OCH3 is 1. The molecule has 1 aromatic carbocycles. The minimum atomic E-state index is -1.01. The monoisotopic (exact) mass is 449 g/mol. The first-order valence-corrected chi connectivity index (χ1v) is 10.6. The molecule has 1 fully saturated rings. The van der Waals surface area contributed by atoms with E-state index >= 15 is 4.39 Å². The van der Waals surface area contributed by atoms with E-state index in [1.165, 1.54) is 19.4 Å². The Kier molecular flexibility index (Phi) is 6.36. The second kappa shape index (κ2) is 9.05. The van der Waals surface area contributed by atoms with E-state index in [0.29, 0.717) is 30.0 Å². The van der Waals surface area contributed by atoms with E-state index in [2.05, 4.69) is 4.90 Å². The zero-order valence-electron chi connectivity index (χ0n) is 18.5. The van der Waals surface area contributed by atoms with E-state index in [1.807, 2.05) is 18.9 Å². The fraction of sp³-hybridized carbons (Fsp3) is 0.545. The van der Waals surface area contributed by atoms with Crippen molar-refractivity contribution in [1.29, 1.82) is 0 Å². The molecule has 0 aliphatic carbocycles. The van der Waals surface area contributed by atoms with Crippen molar-refractivity contribution in [3.8, 4) is 5.75 Å². The van der Waals surface area contributed by atoms with Gasteiger partial charge in [0, 0.05) is 39.5 Å². The Balaban J connectivity index is 1.78. The zero-order valence-corrected chi connectivity index (χ0v) is 18.5. The summed E-state index contributed by atoms with van der Waals surface area (Å²) in [5.74, 6) is -1.11.